The van der Waals surface area contributed by atoms with E-state index >= 15 is 0 Å². The Balaban J connectivity index is 0.00000169. The van der Waals surface area contributed by atoms with Crippen LogP contribution < -0.4 is 23.7 Å². The van der Waals surface area contributed by atoms with E-state index in [1.54, 1.807) is 10.6 Å². The fourth-order valence-corrected chi connectivity index (χ4v) is 3.41. The summed E-state index contributed by atoms with van der Waals surface area (Å²) in [5.41, 5.74) is 6.80. The number of ketones is 1. The first kappa shape index (κ1) is 16.4. The summed E-state index contributed by atoms with van der Waals surface area (Å²) >= 11 is 0. The molecule has 2 aromatic carbocycles. The number of halogens is 1. The minimum Gasteiger partial charge on any atom is -1.00 e. The highest BCUT2D eigenvalue weighted by Gasteiger charge is 2.31. The monoisotopic (exact) mass is 340 g/mol. The normalized spacial score (nSPS) is 12.0. The van der Waals surface area contributed by atoms with Crippen LogP contribution in [-0.4, -0.2) is 16.9 Å². The Hall–Kier alpha value is -2.43. The van der Waals surface area contributed by atoms with Gasteiger partial charge in [0.25, 0.3) is 5.56 Å². The van der Waals surface area contributed by atoms with Gasteiger partial charge in [-0.25, -0.2) is 0 Å². The summed E-state index contributed by atoms with van der Waals surface area (Å²) in [7, 11) is 0. The highest BCUT2D eigenvalue weighted by Crippen LogP contribution is 2.38. The van der Waals surface area contributed by atoms with Gasteiger partial charge in [0.1, 0.15) is 0 Å². The minimum atomic E-state index is -0.0303. The van der Waals surface area contributed by atoms with Crippen LogP contribution in [0.3, 0.4) is 0 Å². The highest BCUT2D eigenvalue weighted by atomic mass is 35.5. The van der Waals surface area contributed by atoms with Gasteiger partial charge in [0.15, 0.2) is 5.78 Å². The average Bonchev–Trinajstić information content (AvgIpc) is 2.89. The van der Waals surface area contributed by atoms with Crippen molar-refractivity contribution in [1.82, 2.24) is 4.57 Å². The van der Waals surface area contributed by atoms with Crippen molar-refractivity contribution in [2.45, 2.75) is 13.0 Å². The van der Waals surface area contributed by atoms with E-state index in [1.807, 2.05) is 42.5 Å². The van der Waals surface area contributed by atoms with Gasteiger partial charge in [-0.15, -0.1) is 0 Å². The zero-order chi connectivity index (χ0) is 16.0. The number of carbonyl (C=O) groups excluding carboxylic acids is 1. The molecule has 0 saturated carbocycles. The molecule has 0 saturated heterocycles. The lowest BCUT2D eigenvalue weighted by Gasteiger charge is -2.14. The molecule has 0 amide bonds. The quantitative estimate of drug-likeness (QED) is 0.512. The molecule has 0 bridgehead atoms. The summed E-state index contributed by atoms with van der Waals surface area (Å²) in [6.07, 6.45) is 0.807. The molecule has 3 N–H and O–H groups in total. The van der Waals surface area contributed by atoms with E-state index in [-0.39, 0.29) is 23.7 Å². The number of aromatic nitrogens is 1. The Morgan fingerprint density at radius 2 is 1.50 bits per heavy atom. The van der Waals surface area contributed by atoms with Crippen molar-refractivity contribution in [3.8, 4) is 11.3 Å². The average molecular weight is 341 g/mol. The van der Waals surface area contributed by atoms with E-state index in [2.05, 4.69) is 5.73 Å². The zero-order valence-electron chi connectivity index (χ0n) is 13.1. The van der Waals surface area contributed by atoms with Gasteiger partial charge in [0, 0.05) is 34.9 Å². The first-order valence-electron chi connectivity index (χ1n) is 7.83. The number of carbonyl (C=O) groups is 1. The number of quaternary nitrogens is 1. The maximum absolute atomic E-state index is 12.9. The molecule has 0 spiro atoms. The third-order valence-corrected chi connectivity index (χ3v) is 4.46. The van der Waals surface area contributed by atoms with Crippen LogP contribution in [0.15, 0.2) is 53.3 Å². The minimum absolute atomic E-state index is 0. The molecule has 0 atom stereocenters. The number of pyridine rings is 1. The molecule has 0 fully saturated rings. The topological polar surface area (TPSA) is 66.7 Å². The molecular weight excluding hydrogens is 324 g/mol. The summed E-state index contributed by atoms with van der Waals surface area (Å²) in [4.78, 5) is 25.9. The van der Waals surface area contributed by atoms with Gasteiger partial charge < -0.3 is 22.7 Å². The van der Waals surface area contributed by atoms with Crippen LogP contribution in [0.4, 0.5) is 0 Å². The number of benzene rings is 2. The second-order valence-electron chi connectivity index (χ2n) is 5.81. The second-order valence-corrected chi connectivity index (χ2v) is 5.81. The van der Waals surface area contributed by atoms with Crippen molar-refractivity contribution in [2.75, 3.05) is 6.54 Å². The maximum atomic E-state index is 12.9. The van der Waals surface area contributed by atoms with Crippen molar-refractivity contribution < 1.29 is 22.9 Å². The number of hydrogen-bond acceptors (Lipinski definition) is 2. The maximum Gasteiger partial charge on any atom is 0.258 e. The lowest BCUT2D eigenvalue weighted by atomic mass is 10.0. The van der Waals surface area contributed by atoms with Crippen molar-refractivity contribution in [3.63, 3.8) is 0 Å². The summed E-state index contributed by atoms with van der Waals surface area (Å²) in [5, 5.41) is 1.36. The number of nitrogens with zero attached hydrogens (tertiary/aromatic N) is 1. The molecule has 0 aliphatic heterocycles. The Labute approximate surface area is 145 Å². The zero-order valence-corrected chi connectivity index (χ0v) is 13.8. The Morgan fingerprint density at radius 3 is 2.21 bits per heavy atom. The molecule has 4 nitrogen and oxygen atoms in total. The number of fused-ring (bicyclic) bond motifs is 5. The molecule has 1 aliphatic rings. The Morgan fingerprint density at radius 1 is 0.875 bits per heavy atom. The van der Waals surface area contributed by atoms with E-state index < -0.39 is 0 Å². The molecule has 0 unspecified atom stereocenters. The van der Waals surface area contributed by atoms with Crippen LogP contribution in [0, 0.1) is 0 Å². The van der Waals surface area contributed by atoms with Crippen LogP contribution in [-0.2, 0) is 6.54 Å². The molecule has 1 heterocycles. The van der Waals surface area contributed by atoms with E-state index in [9.17, 15) is 9.59 Å². The number of rotatable bonds is 3. The lowest BCUT2D eigenvalue weighted by Crippen LogP contribution is -3.00. The lowest BCUT2D eigenvalue weighted by molar-refractivity contribution is -0.368. The molecule has 1 aliphatic carbocycles. The van der Waals surface area contributed by atoms with Crippen molar-refractivity contribution >= 4 is 16.6 Å². The molecule has 4 rings (SSSR count). The summed E-state index contributed by atoms with van der Waals surface area (Å²) in [5.74, 6) is 0.00942. The Kier molecular flexibility index (Phi) is 4.26. The highest BCUT2D eigenvalue weighted by molar-refractivity contribution is 6.26. The fourth-order valence-electron chi connectivity index (χ4n) is 3.41. The second kappa shape index (κ2) is 6.23. The first-order chi connectivity index (χ1) is 11.2. The summed E-state index contributed by atoms with van der Waals surface area (Å²) in [6.45, 7) is 1.33. The van der Waals surface area contributed by atoms with Crippen LogP contribution in [0.25, 0.3) is 22.0 Å². The van der Waals surface area contributed by atoms with Gasteiger partial charge in [0.2, 0.25) is 0 Å². The Bertz CT molecular complexity index is 1010. The predicted molar refractivity (Wildman–Crippen MR) is 89.4 cm³/mol. The molecule has 24 heavy (non-hydrogen) atoms. The fraction of sp³-hybridized carbons (Fsp3) is 0.158. The van der Waals surface area contributed by atoms with E-state index in [4.69, 9.17) is 0 Å². The standard InChI is InChI=1S/C19H16N2O2.ClH/c20-10-5-11-21-17-13-7-2-3-8-14(13)18(22)16(17)12-6-1-4-9-15(12)19(21)23;/h1-4,6-9H,5,10-11,20H2;1H. The van der Waals surface area contributed by atoms with Gasteiger partial charge in [0.05, 0.1) is 17.8 Å². The van der Waals surface area contributed by atoms with Crippen LogP contribution in [0.2, 0.25) is 0 Å². The van der Waals surface area contributed by atoms with E-state index in [0.29, 0.717) is 23.1 Å². The van der Waals surface area contributed by atoms with Gasteiger partial charge in [-0.05, 0) is 6.07 Å². The van der Waals surface area contributed by atoms with Gasteiger partial charge >= 0.3 is 0 Å². The van der Waals surface area contributed by atoms with E-state index in [1.165, 1.54) is 0 Å². The van der Waals surface area contributed by atoms with Crippen LogP contribution >= 0.6 is 0 Å². The van der Waals surface area contributed by atoms with Crippen molar-refractivity contribution in [2.24, 2.45) is 0 Å². The number of hydrogen-bond donors (Lipinski definition) is 1. The third kappa shape index (κ3) is 2.19. The molecule has 0 radical (unpaired) electrons. The van der Waals surface area contributed by atoms with Crippen molar-refractivity contribution in [1.29, 1.82) is 0 Å². The van der Waals surface area contributed by atoms with Crippen molar-refractivity contribution in [3.05, 3.63) is 70.0 Å². The van der Waals surface area contributed by atoms with Gasteiger partial charge in [-0.2, -0.15) is 0 Å². The summed E-state index contributed by atoms with van der Waals surface area (Å²) < 4.78 is 1.76. The van der Waals surface area contributed by atoms with Gasteiger partial charge in [-0.1, -0.05) is 42.5 Å². The molecule has 5 heteroatoms. The van der Waals surface area contributed by atoms with Gasteiger partial charge in [-0.3, -0.25) is 9.59 Å². The van der Waals surface area contributed by atoms with Crippen LogP contribution in [0.5, 0.6) is 0 Å². The first-order valence-corrected chi connectivity index (χ1v) is 7.83. The van der Waals surface area contributed by atoms with E-state index in [0.717, 1.165) is 29.6 Å². The summed E-state index contributed by atoms with van der Waals surface area (Å²) in [6, 6.07) is 14.9. The molecular formula is C19H17ClN2O2. The molecule has 3 aromatic rings. The molecule has 1 aromatic heterocycles. The predicted octanol–water partition coefficient (Wildman–Crippen LogP) is -1.15. The molecule has 122 valence electrons. The van der Waals surface area contributed by atoms with Crippen LogP contribution in [0.1, 0.15) is 22.3 Å². The largest absolute Gasteiger partial charge is 1.00 e. The smallest absolute Gasteiger partial charge is 0.258 e. The third-order valence-electron chi connectivity index (χ3n) is 4.46. The SMILES string of the molecule is [Cl-].[NH3+]CCCn1c2c(c3ccccc3c1=O)C(=O)c1ccccc1-2.